The Labute approximate surface area is 78.6 Å². The van der Waals surface area contributed by atoms with Crippen molar-refractivity contribution in [1.29, 1.82) is 0 Å². The number of hydrogen-bond acceptors (Lipinski definition) is 2. The maximum Gasteiger partial charge on any atom is 0.120 e. The highest BCUT2D eigenvalue weighted by atomic mass is 16.1. The first-order chi connectivity index (χ1) is 6.41. The van der Waals surface area contributed by atoms with Gasteiger partial charge in [-0.3, -0.25) is 0 Å². The van der Waals surface area contributed by atoms with E-state index < -0.39 is 0 Å². The topological polar surface area (TPSA) is 34.1 Å². The van der Waals surface area contributed by atoms with Crippen LogP contribution in [0.3, 0.4) is 0 Å². The fourth-order valence-corrected chi connectivity index (χ4v) is 0.669. The quantitative estimate of drug-likeness (QED) is 0.523. The van der Waals surface area contributed by atoms with Crippen LogP contribution in [0.5, 0.6) is 0 Å². The molecule has 0 N–H and O–H groups in total. The molecule has 0 unspecified atom stereocenters. The van der Waals surface area contributed by atoms with Crippen LogP contribution < -0.4 is 0 Å². The van der Waals surface area contributed by atoms with Gasteiger partial charge in [-0.15, -0.1) is 0 Å². The third kappa shape index (κ3) is 10.6. The minimum Gasteiger partial charge on any atom is -0.303 e. The van der Waals surface area contributed by atoms with E-state index in [-0.39, 0.29) is 0 Å². The van der Waals surface area contributed by atoms with Gasteiger partial charge in [-0.05, 0) is 6.42 Å². The van der Waals surface area contributed by atoms with Gasteiger partial charge >= 0.3 is 0 Å². The summed E-state index contributed by atoms with van der Waals surface area (Å²) in [7, 11) is 0. The average Bonchev–Trinajstić information content (AvgIpc) is 2.22. The Morgan fingerprint density at radius 2 is 1.00 bits per heavy atom. The molecule has 1 aromatic carbocycles. The van der Waals surface area contributed by atoms with Crippen molar-refractivity contribution in [1.82, 2.24) is 0 Å². The number of aldehydes is 2. The van der Waals surface area contributed by atoms with Crippen LogP contribution >= 0.6 is 0 Å². The standard InChI is InChI=1S/C6H6.C5H8O2/c1-2-4-6-5-3-1;6-4-2-1-3-5-7/h1-6H;4-5H,1-3H2. The van der Waals surface area contributed by atoms with Gasteiger partial charge in [0.05, 0.1) is 0 Å². The van der Waals surface area contributed by atoms with Gasteiger partial charge < -0.3 is 9.59 Å². The van der Waals surface area contributed by atoms with Gasteiger partial charge in [0, 0.05) is 12.8 Å². The molecule has 0 aliphatic heterocycles. The monoisotopic (exact) mass is 178 g/mol. The van der Waals surface area contributed by atoms with Gasteiger partial charge in [0.2, 0.25) is 0 Å². The number of rotatable bonds is 4. The molecule has 1 aromatic rings. The summed E-state index contributed by atoms with van der Waals surface area (Å²) < 4.78 is 0. The minimum absolute atomic E-state index is 0.513. The maximum atomic E-state index is 9.56. The lowest BCUT2D eigenvalue weighted by Crippen LogP contribution is -1.76. The molecule has 2 nitrogen and oxygen atoms in total. The molecular formula is C11H14O2. The number of hydrogen-bond donors (Lipinski definition) is 0. The van der Waals surface area contributed by atoms with Crippen molar-refractivity contribution in [2.24, 2.45) is 0 Å². The molecule has 0 aromatic heterocycles. The van der Waals surface area contributed by atoms with Gasteiger partial charge in [-0.25, -0.2) is 0 Å². The largest absolute Gasteiger partial charge is 0.303 e. The van der Waals surface area contributed by atoms with Gasteiger partial charge in [0.25, 0.3) is 0 Å². The van der Waals surface area contributed by atoms with Crippen LogP contribution in [0, 0.1) is 0 Å². The van der Waals surface area contributed by atoms with Crippen LogP contribution in [0.25, 0.3) is 0 Å². The third-order valence-corrected chi connectivity index (χ3v) is 1.31. The Bertz CT molecular complexity index is 172. The predicted octanol–water partition coefficient (Wildman–Crippen LogP) is 2.24. The maximum absolute atomic E-state index is 9.56. The molecule has 1 rings (SSSR count). The van der Waals surface area contributed by atoms with Crippen molar-refractivity contribution in [3.8, 4) is 0 Å². The van der Waals surface area contributed by atoms with Crippen molar-refractivity contribution in [3.05, 3.63) is 36.4 Å². The van der Waals surface area contributed by atoms with E-state index in [1.54, 1.807) is 0 Å². The molecule has 0 aliphatic carbocycles. The summed E-state index contributed by atoms with van der Waals surface area (Å²) in [4.78, 5) is 19.1. The minimum atomic E-state index is 0.513. The molecule has 0 heterocycles. The first kappa shape index (κ1) is 11.6. The zero-order chi connectivity index (χ0) is 9.78. The molecule has 0 amide bonds. The fourth-order valence-electron chi connectivity index (χ4n) is 0.669. The Balaban J connectivity index is 0.000000223. The Morgan fingerprint density at radius 3 is 1.23 bits per heavy atom. The van der Waals surface area contributed by atoms with Crippen molar-refractivity contribution >= 4 is 12.6 Å². The van der Waals surface area contributed by atoms with Crippen molar-refractivity contribution in [2.75, 3.05) is 0 Å². The van der Waals surface area contributed by atoms with Crippen LogP contribution in [0.1, 0.15) is 19.3 Å². The van der Waals surface area contributed by atoms with Gasteiger partial charge in [-0.1, -0.05) is 36.4 Å². The zero-order valence-electron chi connectivity index (χ0n) is 7.56. The van der Waals surface area contributed by atoms with Crippen molar-refractivity contribution < 1.29 is 9.59 Å². The number of carbonyl (C=O) groups is 2. The van der Waals surface area contributed by atoms with E-state index in [1.165, 1.54) is 0 Å². The highest BCUT2D eigenvalue weighted by Gasteiger charge is 1.80. The second-order valence-electron chi connectivity index (χ2n) is 2.42. The van der Waals surface area contributed by atoms with Crippen LogP contribution in [-0.4, -0.2) is 12.6 Å². The van der Waals surface area contributed by atoms with Crippen molar-refractivity contribution in [3.63, 3.8) is 0 Å². The Hall–Kier alpha value is -1.44. The van der Waals surface area contributed by atoms with E-state index in [2.05, 4.69) is 0 Å². The first-order valence-electron chi connectivity index (χ1n) is 4.29. The summed E-state index contributed by atoms with van der Waals surface area (Å²) in [6.07, 6.45) is 3.37. The van der Waals surface area contributed by atoms with E-state index in [1.807, 2.05) is 36.4 Å². The van der Waals surface area contributed by atoms with Crippen LogP contribution in [-0.2, 0) is 9.59 Å². The highest BCUT2D eigenvalue weighted by molar-refractivity contribution is 5.52. The fraction of sp³-hybridized carbons (Fsp3) is 0.273. The van der Waals surface area contributed by atoms with E-state index in [9.17, 15) is 9.59 Å². The molecule has 0 spiro atoms. The smallest absolute Gasteiger partial charge is 0.120 e. The molecule has 0 fully saturated rings. The predicted molar refractivity (Wildman–Crippen MR) is 52.4 cm³/mol. The molecule has 70 valence electrons. The molecule has 0 saturated carbocycles. The number of carbonyl (C=O) groups excluding carboxylic acids is 2. The van der Waals surface area contributed by atoms with Gasteiger partial charge in [0.1, 0.15) is 12.6 Å². The van der Waals surface area contributed by atoms with Gasteiger partial charge in [-0.2, -0.15) is 0 Å². The summed E-state index contributed by atoms with van der Waals surface area (Å²) in [5, 5.41) is 0. The number of benzene rings is 1. The zero-order valence-corrected chi connectivity index (χ0v) is 7.56. The molecular weight excluding hydrogens is 164 g/mol. The summed E-state index contributed by atoms with van der Waals surface area (Å²) in [5.41, 5.74) is 0. The average molecular weight is 178 g/mol. The third-order valence-electron chi connectivity index (χ3n) is 1.31. The van der Waals surface area contributed by atoms with Gasteiger partial charge in [0.15, 0.2) is 0 Å². The molecule has 0 bridgehead atoms. The Kier molecular flexibility index (Phi) is 9.39. The number of unbranched alkanes of at least 4 members (excludes halogenated alkanes) is 2. The lowest BCUT2D eigenvalue weighted by molar-refractivity contribution is -0.108. The van der Waals surface area contributed by atoms with Crippen molar-refractivity contribution in [2.45, 2.75) is 19.3 Å². The van der Waals surface area contributed by atoms with Crippen LogP contribution in [0.2, 0.25) is 0 Å². The van der Waals surface area contributed by atoms with E-state index in [0.29, 0.717) is 19.3 Å². The molecule has 2 heteroatoms. The van der Waals surface area contributed by atoms with E-state index in [4.69, 9.17) is 0 Å². The van der Waals surface area contributed by atoms with Crippen LogP contribution in [0.15, 0.2) is 36.4 Å². The summed E-state index contributed by atoms with van der Waals surface area (Å²) in [6, 6.07) is 12.0. The Morgan fingerprint density at radius 1 is 0.692 bits per heavy atom. The lowest BCUT2D eigenvalue weighted by atomic mass is 10.3. The van der Waals surface area contributed by atoms with E-state index >= 15 is 0 Å². The lowest BCUT2D eigenvalue weighted by Gasteiger charge is -1.78. The summed E-state index contributed by atoms with van der Waals surface area (Å²) in [6.45, 7) is 0. The normalized spacial score (nSPS) is 8.00. The summed E-state index contributed by atoms with van der Waals surface area (Å²) >= 11 is 0. The summed E-state index contributed by atoms with van der Waals surface area (Å²) in [5.74, 6) is 0. The highest BCUT2D eigenvalue weighted by Crippen LogP contribution is 1.85. The molecule has 0 radical (unpaired) electrons. The second-order valence-corrected chi connectivity index (χ2v) is 2.42. The molecule has 13 heavy (non-hydrogen) atoms. The second kappa shape index (κ2) is 10.6. The van der Waals surface area contributed by atoms with E-state index in [0.717, 1.165) is 12.6 Å². The van der Waals surface area contributed by atoms with Crippen LogP contribution in [0.4, 0.5) is 0 Å². The molecule has 0 atom stereocenters. The first-order valence-corrected chi connectivity index (χ1v) is 4.29. The molecule has 0 aliphatic rings. The SMILES string of the molecule is O=CCCCC=O.c1ccccc1. The molecule has 0 saturated heterocycles.